The molecule has 0 bridgehead atoms. The summed E-state index contributed by atoms with van der Waals surface area (Å²) in [5.41, 5.74) is 1.04. The zero-order valence-corrected chi connectivity index (χ0v) is 14.9. The molecule has 2 aromatic rings. The third-order valence-electron chi connectivity index (χ3n) is 4.04. The highest BCUT2D eigenvalue weighted by molar-refractivity contribution is 7.14. The lowest BCUT2D eigenvalue weighted by molar-refractivity contribution is -0.0158. The molecule has 1 aromatic heterocycles. The van der Waals surface area contributed by atoms with Crippen LogP contribution in [0.5, 0.6) is 5.75 Å². The molecule has 1 fully saturated rings. The first kappa shape index (κ1) is 16.9. The molecule has 3 rings (SSSR count). The molecule has 5 nitrogen and oxygen atoms in total. The zero-order chi connectivity index (χ0) is 17.2. The maximum atomic E-state index is 12.0. The van der Waals surface area contributed by atoms with Crippen LogP contribution in [-0.2, 0) is 9.47 Å². The van der Waals surface area contributed by atoms with Crippen LogP contribution < -0.4 is 4.74 Å². The first-order valence-electron chi connectivity index (χ1n) is 7.92. The summed E-state index contributed by atoms with van der Waals surface area (Å²) in [6.45, 7) is 5.27. The monoisotopic (exact) mass is 347 g/mol. The van der Waals surface area contributed by atoms with Gasteiger partial charge in [-0.1, -0.05) is 0 Å². The summed E-state index contributed by atoms with van der Waals surface area (Å²) in [5, 5.41) is 0.853. The summed E-state index contributed by atoms with van der Waals surface area (Å²) >= 11 is 1.58. The number of carbonyl (C=O) groups excluding carboxylic acids is 1. The van der Waals surface area contributed by atoms with Crippen molar-refractivity contribution in [2.75, 3.05) is 20.3 Å². The number of methoxy groups -OCH3 is 1. The smallest absolute Gasteiger partial charge is 0.338 e. The third-order valence-corrected chi connectivity index (χ3v) is 5.00. The van der Waals surface area contributed by atoms with Gasteiger partial charge in [0, 0.05) is 23.2 Å². The number of esters is 1. The Morgan fingerprint density at radius 1 is 1.42 bits per heavy atom. The maximum absolute atomic E-state index is 12.0. The quantitative estimate of drug-likeness (QED) is 0.769. The Morgan fingerprint density at radius 2 is 2.25 bits per heavy atom. The Kier molecular flexibility index (Phi) is 4.87. The number of rotatable bonds is 5. The summed E-state index contributed by atoms with van der Waals surface area (Å²) in [6, 6.07) is 5.39. The van der Waals surface area contributed by atoms with E-state index in [4.69, 9.17) is 14.2 Å². The lowest BCUT2D eigenvalue weighted by Gasteiger charge is -2.23. The standard InChI is InChI=1S/C18H21NO4S/c1-12-10-19-16(24-12)13-7-14(17(20)21-3)9-15(8-13)22-11-18(2)5-4-6-23-18/h7-10H,4-6,11H2,1-3H3. The molecule has 1 aliphatic rings. The minimum Gasteiger partial charge on any atom is -0.491 e. The van der Waals surface area contributed by atoms with Crippen molar-refractivity contribution < 1.29 is 19.0 Å². The molecule has 0 radical (unpaired) electrons. The number of aromatic nitrogens is 1. The summed E-state index contributed by atoms with van der Waals surface area (Å²) in [6.07, 6.45) is 3.84. The molecule has 1 atom stereocenters. The van der Waals surface area contributed by atoms with Gasteiger partial charge in [-0.15, -0.1) is 11.3 Å². The van der Waals surface area contributed by atoms with Gasteiger partial charge in [0.25, 0.3) is 0 Å². The van der Waals surface area contributed by atoms with E-state index < -0.39 is 5.97 Å². The van der Waals surface area contributed by atoms with Gasteiger partial charge in [0.2, 0.25) is 0 Å². The van der Waals surface area contributed by atoms with Crippen molar-refractivity contribution in [1.82, 2.24) is 4.98 Å². The number of aryl methyl sites for hydroxylation is 1. The molecular weight excluding hydrogens is 326 g/mol. The lowest BCUT2D eigenvalue weighted by atomic mass is 10.0. The van der Waals surface area contributed by atoms with E-state index in [1.165, 1.54) is 7.11 Å². The second kappa shape index (κ2) is 6.91. The number of thiazole rings is 1. The molecule has 1 unspecified atom stereocenters. The van der Waals surface area contributed by atoms with Crippen molar-refractivity contribution in [2.45, 2.75) is 32.3 Å². The highest BCUT2D eigenvalue weighted by atomic mass is 32.1. The van der Waals surface area contributed by atoms with E-state index in [1.54, 1.807) is 23.5 Å². The molecule has 24 heavy (non-hydrogen) atoms. The van der Waals surface area contributed by atoms with E-state index in [-0.39, 0.29) is 5.60 Å². The maximum Gasteiger partial charge on any atom is 0.338 e. The van der Waals surface area contributed by atoms with Crippen molar-refractivity contribution >= 4 is 17.3 Å². The van der Waals surface area contributed by atoms with Gasteiger partial charge in [-0.3, -0.25) is 0 Å². The van der Waals surface area contributed by atoms with E-state index in [9.17, 15) is 4.79 Å². The number of hydrogen-bond donors (Lipinski definition) is 0. The summed E-state index contributed by atoms with van der Waals surface area (Å²) in [5.74, 6) is 0.232. The largest absolute Gasteiger partial charge is 0.491 e. The Hall–Kier alpha value is -1.92. The van der Waals surface area contributed by atoms with E-state index in [1.807, 2.05) is 19.2 Å². The van der Waals surface area contributed by atoms with Gasteiger partial charge >= 0.3 is 5.97 Å². The summed E-state index contributed by atoms with van der Waals surface area (Å²) < 4.78 is 16.5. The van der Waals surface area contributed by atoms with Crippen molar-refractivity contribution in [2.24, 2.45) is 0 Å². The SMILES string of the molecule is COC(=O)c1cc(OCC2(C)CCCO2)cc(-c2ncc(C)s2)c1. The highest BCUT2D eigenvalue weighted by Crippen LogP contribution is 2.31. The predicted octanol–water partition coefficient (Wildman–Crippen LogP) is 3.85. The summed E-state index contributed by atoms with van der Waals surface area (Å²) in [7, 11) is 1.37. The van der Waals surface area contributed by atoms with Crippen molar-refractivity contribution in [3.63, 3.8) is 0 Å². The molecule has 1 aliphatic heterocycles. The number of nitrogens with zero attached hydrogens (tertiary/aromatic N) is 1. The van der Waals surface area contributed by atoms with Crippen LogP contribution in [0.1, 0.15) is 35.0 Å². The van der Waals surface area contributed by atoms with Crippen LogP contribution in [0.4, 0.5) is 0 Å². The summed E-state index contributed by atoms with van der Waals surface area (Å²) in [4.78, 5) is 17.5. The van der Waals surface area contributed by atoms with Crippen LogP contribution in [0.2, 0.25) is 0 Å². The van der Waals surface area contributed by atoms with Crippen molar-refractivity contribution in [3.8, 4) is 16.3 Å². The van der Waals surface area contributed by atoms with Crippen molar-refractivity contribution in [3.05, 3.63) is 34.8 Å². The molecule has 1 saturated heterocycles. The van der Waals surface area contributed by atoms with E-state index in [2.05, 4.69) is 11.9 Å². The van der Waals surface area contributed by atoms with Gasteiger partial charge in [0.05, 0.1) is 18.3 Å². The van der Waals surface area contributed by atoms with Gasteiger partial charge < -0.3 is 14.2 Å². The van der Waals surface area contributed by atoms with Crippen molar-refractivity contribution in [1.29, 1.82) is 0 Å². The topological polar surface area (TPSA) is 57.7 Å². The normalized spacial score (nSPS) is 20.1. The Balaban J connectivity index is 1.88. The molecule has 6 heteroatoms. The second-order valence-electron chi connectivity index (χ2n) is 6.20. The zero-order valence-electron chi connectivity index (χ0n) is 14.1. The van der Waals surface area contributed by atoms with Crippen LogP contribution in [0.15, 0.2) is 24.4 Å². The molecule has 0 amide bonds. The number of ether oxygens (including phenoxy) is 3. The number of hydrogen-bond acceptors (Lipinski definition) is 6. The fourth-order valence-electron chi connectivity index (χ4n) is 2.72. The van der Waals surface area contributed by atoms with Gasteiger partial charge in [-0.25, -0.2) is 9.78 Å². The van der Waals surface area contributed by atoms with Crippen LogP contribution in [0, 0.1) is 6.92 Å². The van der Waals surface area contributed by atoms with Gasteiger partial charge in [0.15, 0.2) is 0 Å². The molecule has 2 heterocycles. The first-order chi connectivity index (χ1) is 11.5. The molecule has 128 valence electrons. The van der Waals surface area contributed by atoms with E-state index in [0.717, 1.165) is 34.9 Å². The number of carbonyl (C=O) groups is 1. The van der Waals surface area contributed by atoms with E-state index >= 15 is 0 Å². The molecule has 0 aliphatic carbocycles. The van der Waals surface area contributed by atoms with Gasteiger partial charge in [0.1, 0.15) is 17.4 Å². The van der Waals surface area contributed by atoms with E-state index in [0.29, 0.717) is 17.9 Å². The lowest BCUT2D eigenvalue weighted by Crippen LogP contribution is -2.31. The Labute approximate surface area is 145 Å². The van der Waals surface area contributed by atoms with Gasteiger partial charge in [-0.05, 0) is 44.9 Å². The predicted molar refractivity (Wildman–Crippen MR) is 92.7 cm³/mol. The fraction of sp³-hybridized carbons (Fsp3) is 0.444. The second-order valence-corrected chi connectivity index (χ2v) is 7.44. The molecule has 1 aromatic carbocycles. The highest BCUT2D eigenvalue weighted by Gasteiger charge is 2.30. The molecular formula is C18H21NO4S. The minimum absolute atomic E-state index is 0.265. The van der Waals surface area contributed by atoms with Crippen LogP contribution in [-0.4, -0.2) is 36.9 Å². The Bertz CT molecular complexity index is 734. The first-order valence-corrected chi connectivity index (χ1v) is 8.74. The third kappa shape index (κ3) is 3.76. The van der Waals surface area contributed by atoms with Crippen LogP contribution in [0.25, 0.3) is 10.6 Å². The van der Waals surface area contributed by atoms with Crippen LogP contribution >= 0.6 is 11.3 Å². The fourth-order valence-corrected chi connectivity index (χ4v) is 3.47. The molecule has 0 spiro atoms. The van der Waals surface area contributed by atoms with Crippen LogP contribution in [0.3, 0.4) is 0 Å². The average Bonchev–Trinajstić information content (AvgIpc) is 3.21. The van der Waals surface area contributed by atoms with Gasteiger partial charge in [-0.2, -0.15) is 0 Å². The minimum atomic E-state index is -0.390. The molecule has 0 saturated carbocycles. The Morgan fingerprint density at radius 3 is 2.88 bits per heavy atom. The molecule has 0 N–H and O–H groups in total. The average molecular weight is 347 g/mol. The number of benzene rings is 1.